The molecule has 1 aliphatic heterocycles. The first-order chi connectivity index (χ1) is 5.83. The lowest BCUT2D eigenvalue weighted by Gasteiger charge is -2.28. The van der Waals surface area contributed by atoms with Crippen LogP contribution in [0.15, 0.2) is 0 Å². The molecule has 0 aromatic rings. The van der Waals surface area contributed by atoms with Gasteiger partial charge in [0, 0.05) is 39.3 Å². The maximum atomic E-state index is 3.36. The summed E-state index contributed by atoms with van der Waals surface area (Å²) in [5.41, 5.74) is 0. The lowest BCUT2D eigenvalue weighted by molar-refractivity contribution is 0.208. The molecule has 0 atom stereocenters. The van der Waals surface area contributed by atoms with E-state index in [9.17, 15) is 0 Å². The molecule has 0 amide bonds. The van der Waals surface area contributed by atoms with Crippen molar-refractivity contribution in [1.82, 2.24) is 15.1 Å². The summed E-state index contributed by atoms with van der Waals surface area (Å²) < 4.78 is 0. The third kappa shape index (κ3) is 3.52. The molecule has 0 saturated carbocycles. The number of likely N-dealkylation sites (N-methyl/N-ethyl adjacent to an activating group) is 1. The second kappa shape index (κ2) is 5.51. The molecular weight excluding hydrogens is 150 g/mol. The Labute approximate surface area is 75.7 Å². The van der Waals surface area contributed by atoms with E-state index in [4.69, 9.17) is 0 Å². The Bertz CT molecular complexity index is 110. The molecule has 1 aliphatic rings. The number of nitrogens with one attached hydrogen (secondary N) is 1. The van der Waals surface area contributed by atoms with Gasteiger partial charge in [0.2, 0.25) is 0 Å². The van der Waals surface area contributed by atoms with Crippen LogP contribution in [0.25, 0.3) is 0 Å². The van der Waals surface area contributed by atoms with Gasteiger partial charge in [-0.15, -0.1) is 0 Å². The van der Waals surface area contributed by atoms with E-state index in [1.54, 1.807) is 0 Å². The van der Waals surface area contributed by atoms with Gasteiger partial charge in [0.05, 0.1) is 0 Å². The van der Waals surface area contributed by atoms with Crippen LogP contribution in [0.4, 0.5) is 0 Å². The van der Waals surface area contributed by atoms with Gasteiger partial charge in [0.15, 0.2) is 0 Å². The zero-order valence-electron chi connectivity index (χ0n) is 8.34. The first-order valence-electron chi connectivity index (χ1n) is 4.94. The summed E-state index contributed by atoms with van der Waals surface area (Å²) in [5.74, 6) is 0. The van der Waals surface area contributed by atoms with E-state index in [0.29, 0.717) is 0 Å². The highest BCUT2D eigenvalue weighted by Crippen LogP contribution is 1.92. The first kappa shape index (κ1) is 9.96. The van der Waals surface area contributed by atoms with E-state index >= 15 is 0 Å². The third-order valence-electron chi connectivity index (χ3n) is 2.55. The van der Waals surface area contributed by atoms with Gasteiger partial charge < -0.3 is 10.2 Å². The van der Waals surface area contributed by atoms with Gasteiger partial charge in [-0.1, -0.05) is 6.92 Å². The highest BCUT2D eigenvalue weighted by Gasteiger charge is 2.08. The average Bonchev–Trinajstić information content (AvgIpc) is 2.16. The molecule has 0 unspecified atom stereocenters. The van der Waals surface area contributed by atoms with Crippen molar-refractivity contribution in [2.45, 2.75) is 6.92 Å². The summed E-state index contributed by atoms with van der Waals surface area (Å²) in [4.78, 5) is 4.89. The fourth-order valence-electron chi connectivity index (χ4n) is 1.40. The SMILES string of the molecule is CCN(C)CCN1CCNCC1. The number of nitrogens with zero attached hydrogens (tertiary/aromatic N) is 2. The number of hydrogen-bond donors (Lipinski definition) is 1. The molecule has 0 radical (unpaired) electrons. The molecule has 0 bridgehead atoms. The topological polar surface area (TPSA) is 18.5 Å². The van der Waals surface area contributed by atoms with Crippen molar-refractivity contribution in [3.63, 3.8) is 0 Å². The molecule has 0 spiro atoms. The number of hydrogen-bond acceptors (Lipinski definition) is 3. The lowest BCUT2D eigenvalue weighted by atomic mass is 10.3. The quantitative estimate of drug-likeness (QED) is 0.634. The van der Waals surface area contributed by atoms with Crippen molar-refractivity contribution in [1.29, 1.82) is 0 Å². The molecule has 1 rings (SSSR count). The summed E-state index contributed by atoms with van der Waals surface area (Å²) >= 11 is 0. The smallest absolute Gasteiger partial charge is 0.0110 e. The van der Waals surface area contributed by atoms with E-state index in [2.05, 4.69) is 29.1 Å². The molecule has 3 nitrogen and oxygen atoms in total. The minimum atomic E-state index is 1.16. The molecule has 1 fully saturated rings. The Morgan fingerprint density at radius 1 is 1.33 bits per heavy atom. The van der Waals surface area contributed by atoms with Gasteiger partial charge in [-0.3, -0.25) is 4.90 Å². The molecule has 0 aromatic heterocycles. The standard InChI is InChI=1S/C9H21N3/c1-3-11(2)8-9-12-6-4-10-5-7-12/h10H,3-9H2,1-2H3. The summed E-state index contributed by atoms with van der Waals surface area (Å²) in [6.07, 6.45) is 0. The van der Waals surface area contributed by atoms with Crippen LogP contribution in [-0.2, 0) is 0 Å². The van der Waals surface area contributed by atoms with Crippen LogP contribution in [0, 0.1) is 0 Å². The molecule has 1 saturated heterocycles. The fourth-order valence-corrected chi connectivity index (χ4v) is 1.40. The summed E-state index contributed by atoms with van der Waals surface area (Å²) in [6.45, 7) is 10.6. The minimum Gasteiger partial charge on any atom is -0.314 e. The zero-order chi connectivity index (χ0) is 8.81. The van der Waals surface area contributed by atoms with Crippen molar-refractivity contribution in [3.8, 4) is 0 Å². The normalized spacial score (nSPS) is 20.2. The van der Waals surface area contributed by atoms with E-state index in [0.717, 1.165) is 19.6 Å². The van der Waals surface area contributed by atoms with Crippen LogP contribution in [0.1, 0.15) is 6.92 Å². The monoisotopic (exact) mass is 171 g/mol. The Hall–Kier alpha value is -0.120. The van der Waals surface area contributed by atoms with Crippen LogP contribution in [0.3, 0.4) is 0 Å². The van der Waals surface area contributed by atoms with Crippen LogP contribution in [0.5, 0.6) is 0 Å². The Morgan fingerprint density at radius 3 is 2.58 bits per heavy atom. The maximum absolute atomic E-state index is 3.36. The van der Waals surface area contributed by atoms with Crippen LogP contribution >= 0.6 is 0 Å². The van der Waals surface area contributed by atoms with Crippen molar-refractivity contribution in [2.75, 3.05) is 52.9 Å². The van der Waals surface area contributed by atoms with Crippen molar-refractivity contribution in [3.05, 3.63) is 0 Å². The Morgan fingerprint density at radius 2 is 2.00 bits per heavy atom. The second-order valence-corrected chi connectivity index (χ2v) is 3.49. The fraction of sp³-hybridized carbons (Fsp3) is 1.00. The largest absolute Gasteiger partial charge is 0.314 e. The molecule has 1 N–H and O–H groups in total. The predicted octanol–water partition coefficient (Wildman–Crippen LogP) is -0.157. The van der Waals surface area contributed by atoms with E-state index in [-0.39, 0.29) is 0 Å². The molecule has 12 heavy (non-hydrogen) atoms. The molecule has 1 heterocycles. The van der Waals surface area contributed by atoms with Gasteiger partial charge >= 0.3 is 0 Å². The molecule has 72 valence electrons. The Balaban J connectivity index is 2.05. The third-order valence-corrected chi connectivity index (χ3v) is 2.55. The molecule has 0 aliphatic carbocycles. The van der Waals surface area contributed by atoms with Crippen LogP contribution in [0.2, 0.25) is 0 Å². The predicted molar refractivity (Wildman–Crippen MR) is 52.5 cm³/mol. The van der Waals surface area contributed by atoms with E-state index < -0.39 is 0 Å². The van der Waals surface area contributed by atoms with Crippen molar-refractivity contribution in [2.24, 2.45) is 0 Å². The van der Waals surface area contributed by atoms with E-state index in [1.165, 1.54) is 26.2 Å². The second-order valence-electron chi connectivity index (χ2n) is 3.49. The van der Waals surface area contributed by atoms with Crippen molar-refractivity contribution >= 4 is 0 Å². The van der Waals surface area contributed by atoms with Gasteiger partial charge in [0.25, 0.3) is 0 Å². The summed E-state index contributed by atoms with van der Waals surface area (Å²) in [7, 11) is 2.18. The minimum absolute atomic E-state index is 1.16. The van der Waals surface area contributed by atoms with E-state index in [1.807, 2.05) is 0 Å². The first-order valence-corrected chi connectivity index (χ1v) is 4.94. The van der Waals surface area contributed by atoms with Gasteiger partial charge in [-0.05, 0) is 13.6 Å². The van der Waals surface area contributed by atoms with Crippen LogP contribution in [-0.4, -0.2) is 62.7 Å². The number of rotatable bonds is 4. The van der Waals surface area contributed by atoms with Gasteiger partial charge in [0.1, 0.15) is 0 Å². The van der Waals surface area contributed by atoms with Gasteiger partial charge in [-0.2, -0.15) is 0 Å². The summed E-state index contributed by atoms with van der Waals surface area (Å²) in [5, 5.41) is 3.36. The molecule has 3 heteroatoms. The highest BCUT2D eigenvalue weighted by atomic mass is 15.2. The molecular formula is C9H21N3. The van der Waals surface area contributed by atoms with Crippen molar-refractivity contribution < 1.29 is 0 Å². The van der Waals surface area contributed by atoms with Crippen LogP contribution < -0.4 is 5.32 Å². The lowest BCUT2D eigenvalue weighted by Crippen LogP contribution is -2.45. The maximum Gasteiger partial charge on any atom is 0.0110 e. The molecule has 0 aromatic carbocycles. The average molecular weight is 171 g/mol. The zero-order valence-corrected chi connectivity index (χ0v) is 8.34. The highest BCUT2D eigenvalue weighted by molar-refractivity contribution is 4.68. The number of piperazine rings is 1. The Kier molecular flexibility index (Phi) is 4.58. The van der Waals surface area contributed by atoms with Gasteiger partial charge in [-0.25, -0.2) is 0 Å². The summed E-state index contributed by atoms with van der Waals surface area (Å²) in [6, 6.07) is 0.